The standard InChI is InChI=1S/C31H38N2O5/c1-4-5-7-12-29(34)33-21(2)19-24-14-15-25(20-26(24)30(33)31(35)36)37-18-17-27-22(3)38-28(32-27)16-13-23-10-8-6-9-11-23/h4-5,7,12-16,20-21,23,30H,6,8-11,17-19H2,1-3H3,(H,35,36)/t21-,30?/m0/s1. The monoisotopic (exact) mass is 518 g/mol. The van der Waals surface area contributed by atoms with Gasteiger partial charge in [0.25, 0.3) is 0 Å². The van der Waals surface area contributed by atoms with Crippen LogP contribution in [-0.2, 0) is 22.4 Å². The third-order valence-electron chi connectivity index (χ3n) is 7.39. The number of carbonyl (C=O) groups excluding carboxylic acids is 1. The van der Waals surface area contributed by atoms with E-state index in [1.165, 1.54) is 43.1 Å². The van der Waals surface area contributed by atoms with Crippen molar-refractivity contribution in [2.75, 3.05) is 6.61 Å². The van der Waals surface area contributed by atoms with Crippen LogP contribution in [-0.4, -0.2) is 39.5 Å². The molecule has 0 saturated heterocycles. The van der Waals surface area contributed by atoms with Crippen molar-refractivity contribution in [1.82, 2.24) is 9.88 Å². The number of nitrogens with zero attached hydrogens (tertiary/aromatic N) is 2. The van der Waals surface area contributed by atoms with E-state index in [-0.39, 0.29) is 11.9 Å². The van der Waals surface area contributed by atoms with Crippen LogP contribution in [0.5, 0.6) is 5.75 Å². The lowest BCUT2D eigenvalue weighted by Gasteiger charge is -2.39. The summed E-state index contributed by atoms with van der Waals surface area (Å²) in [5, 5.41) is 10.1. The van der Waals surface area contributed by atoms with Crippen LogP contribution < -0.4 is 4.74 Å². The average molecular weight is 519 g/mol. The van der Waals surface area contributed by atoms with Gasteiger partial charge >= 0.3 is 5.97 Å². The average Bonchev–Trinajstić information content (AvgIpc) is 3.26. The number of fused-ring (bicyclic) bond motifs is 1. The van der Waals surface area contributed by atoms with Gasteiger partial charge in [0.15, 0.2) is 6.04 Å². The Morgan fingerprint density at radius 2 is 2.00 bits per heavy atom. The van der Waals surface area contributed by atoms with Crippen molar-refractivity contribution in [3.63, 3.8) is 0 Å². The quantitative estimate of drug-likeness (QED) is 0.312. The van der Waals surface area contributed by atoms with Crippen LogP contribution in [0, 0.1) is 12.8 Å². The summed E-state index contributed by atoms with van der Waals surface area (Å²) in [6, 6.07) is 4.21. The number of oxazole rings is 1. The molecule has 1 unspecified atom stereocenters. The molecule has 0 bridgehead atoms. The van der Waals surface area contributed by atoms with E-state index in [9.17, 15) is 14.7 Å². The van der Waals surface area contributed by atoms with E-state index in [0.29, 0.717) is 42.6 Å². The van der Waals surface area contributed by atoms with Gasteiger partial charge in [-0.25, -0.2) is 9.78 Å². The molecule has 1 aromatic carbocycles. The Labute approximate surface area is 224 Å². The Bertz CT molecular complexity index is 1220. The topological polar surface area (TPSA) is 92.9 Å². The lowest BCUT2D eigenvalue weighted by Crippen LogP contribution is -2.48. The Morgan fingerprint density at radius 3 is 2.74 bits per heavy atom. The van der Waals surface area contributed by atoms with E-state index in [0.717, 1.165) is 17.0 Å². The lowest BCUT2D eigenvalue weighted by atomic mass is 9.88. The molecule has 1 aliphatic carbocycles. The molecule has 2 aromatic rings. The fourth-order valence-electron chi connectivity index (χ4n) is 5.42. The molecule has 1 fully saturated rings. The Hall–Kier alpha value is -3.61. The zero-order valence-electron chi connectivity index (χ0n) is 22.6. The lowest BCUT2D eigenvalue weighted by molar-refractivity contribution is -0.151. The minimum absolute atomic E-state index is 0.241. The van der Waals surface area contributed by atoms with Crippen molar-refractivity contribution in [3.8, 4) is 5.75 Å². The Morgan fingerprint density at radius 1 is 1.21 bits per heavy atom. The molecule has 1 amide bonds. The van der Waals surface area contributed by atoms with E-state index >= 15 is 0 Å². The van der Waals surface area contributed by atoms with Crippen molar-refractivity contribution < 1.29 is 23.8 Å². The maximum absolute atomic E-state index is 12.9. The second kappa shape index (κ2) is 12.8. The number of amides is 1. The zero-order valence-corrected chi connectivity index (χ0v) is 22.6. The molecule has 7 nitrogen and oxygen atoms in total. The Kier molecular flexibility index (Phi) is 9.21. The number of aromatic nitrogens is 1. The summed E-state index contributed by atoms with van der Waals surface area (Å²) in [6.07, 6.45) is 18.4. The number of carbonyl (C=O) groups is 2. The maximum Gasteiger partial charge on any atom is 0.331 e. The minimum Gasteiger partial charge on any atom is -0.493 e. The molecule has 1 saturated carbocycles. The summed E-state index contributed by atoms with van der Waals surface area (Å²) in [5.41, 5.74) is 2.36. The number of hydrogen-bond acceptors (Lipinski definition) is 5. The van der Waals surface area contributed by atoms with Gasteiger partial charge in [-0.3, -0.25) is 4.79 Å². The summed E-state index contributed by atoms with van der Waals surface area (Å²) in [6.45, 7) is 6.02. The van der Waals surface area contributed by atoms with Crippen molar-refractivity contribution >= 4 is 18.0 Å². The van der Waals surface area contributed by atoms with Gasteiger partial charge in [-0.05, 0) is 75.3 Å². The maximum atomic E-state index is 12.9. The fraction of sp³-hybridized carbons (Fsp3) is 0.452. The number of aliphatic carboxylic acids is 1. The number of hydrogen-bond donors (Lipinski definition) is 1. The molecular formula is C31H38N2O5. The Balaban J connectivity index is 1.42. The van der Waals surface area contributed by atoms with Crippen molar-refractivity contribution in [1.29, 1.82) is 0 Å². The third kappa shape index (κ3) is 6.63. The van der Waals surface area contributed by atoms with E-state index < -0.39 is 12.0 Å². The highest BCUT2D eigenvalue weighted by Gasteiger charge is 2.39. The summed E-state index contributed by atoms with van der Waals surface area (Å²) in [4.78, 5) is 31.3. The van der Waals surface area contributed by atoms with Gasteiger partial charge in [0, 0.05) is 18.5 Å². The third-order valence-corrected chi connectivity index (χ3v) is 7.39. The summed E-state index contributed by atoms with van der Waals surface area (Å²) in [7, 11) is 0. The fourth-order valence-corrected chi connectivity index (χ4v) is 5.42. The smallest absolute Gasteiger partial charge is 0.331 e. The highest BCUT2D eigenvalue weighted by molar-refractivity contribution is 5.92. The molecule has 0 spiro atoms. The SMILES string of the molecule is CC=CC=CC(=O)N1C(C(=O)O)c2cc(OCCc3nc(C=CC4CCCCC4)oc3C)ccc2C[C@@H]1C. The van der Waals surface area contributed by atoms with Gasteiger partial charge in [0.1, 0.15) is 11.5 Å². The predicted molar refractivity (Wildman–Crippen MR) is 147 cm³/mol. The van der Waals surface area contributed by atoms with Crippen LogP contribution in [0.15, 0.2) is 53.0 Å². The number of ether oxygens (including phenoxy) is 1. The second-order valence-electron chi connectivity index (χ2n) is 10.2. The molecule has 2 aliphatic rings. The minimum atomic E-state index is -1.07. The van der Waals surface area contributed by atoms with Gasteiger partial charge in [-0.2, -0.15) is 0 Å². The highest BCUT2D eigenvalue weighted by Crippen LogP contribution is 2.36. The predicted octanol–water partition coefficient (Wildman–Crippen LogP) is 6.23. The van der Waals surface area contributed by atoms with E-state index in [1.54, 1.807) is 18.2 Å². The molecule has 1 aliphatic heterocycles. The molecule has 2 atom stereocenters. The molecular weight excluding hydrogens is 480 g/mol. The second-order valence-corrected chi connectivity index (χ2v) is 10.2. The van der Waals surface area contributed by atoms with Gasteiger partial charge in [0.05, 0.1) is 12.3 Å². The van der Waals surface area contributed by atoms with E-state index in [2.05, 4.69) is 11.1 Å². The molecule has 202 valence electrons. The van der Waals surface area contributed by atoms with Crippen LogP contribution in [0.2, 0.25) is 0 Å². The summed E-state index contributed by atoms with van der Waals surface area (Å²) < 4.78 is 11.8. The summed E-state index contributed by atoms with van der Waals surface area (Å²) >= 11 is 0. The van der Waals surface area contributed by atoms with E-state index in [1.807, 2.05) is 45.1 Å². The van der Waals surface area contributed by atoms with Crippen LogP contribution in [0.25, 0.3) is 6.08 Å². The van der Waals surface area contributed by atoms with Crippen LogP contribution in [0.1, 0.15) is 80.5 Å². The molecule has 4 rings (SSSR count). The number of rotatable bonds is 9. The first-order chi connectivity index (χ1) is 18.4. The number of carboxylic acid groups (broad SMARTS) is 1. The number of allylic oxidation sites excluding steroid dienone is 4. The molecule has 2 heterocycles. The van der Waals surface area contributed by atoms with E-state index in [4.69, 9.17) is 9.15 Å². The number of benzene rings is 1. The van der Waals surface area contributed by atoms with Crippen LogP contribution in [0.4, 0.5) is 0 Å². The first-order valence-corrected chi connectivity index (χ1v) is 13.6. The molecule has 7 heteroatoms. The van der Waals surface area contributed by atoms with Crippen LogP contribution >= 0.6 is 0 Å². The summed E-state index contributed by atoms with van der Waals surface area (Å²) in [5.74, 6) is 1.20. The van der Waals surface area contributed by atoms with Crippen molar-refractivity contribution in [2.24, 2.45) is 5.92 Å². The largest absolute Gasteiger partial charge is 0.493 e. The van der Waals surface area contributed by atoms with Crippen molar-refractivity contribution in [3.05, 3.63) is 77.1 Å². The first kappa shape index (κ1) is 27.4. The van der Waals surface area contributed by atoms with Gasteiger partial charge < -0.3 is 19.2 Å². The van der Waals surface area contributed by atoms with Gasteiger partial charge in [-0.1, -0.05) is 49.6 Å². The molecule has 0 radical (unpaired) electrons. The van der Waals surface area contributed by atoms with Crippen molar-refractivity contribution in [2.45, 2.75) is 77.8 Å². The molecule has 38 heavy (non-hydrogen) atoms. The highest BCUT2D eigenvalue weighted by atomic mass is 16.5. The van der Waals surface area contributed by atoms with Gasteiger partial charge in [0.2, 0.25) is 11.8 Å². The molecule has 1 aromatic heterocycles. The normalized spacial score (nSPS) is 20.4. The molecule has 1 N–H and O–H groups in total. The van der Waals surface area contributed by atoms with Gasteiger partial charge in [-0.15, -0.1) is 0 Å². The van der Waals surface area contributed by atoms with Crippen LogP contribution in [0.3, 0.4) is 0 Å². The first-order valence-electron chi connectivity index (χ1n) is 13.6. The zero-order chi connectivity index (χ0) is 27.1. The number of aryl methyl sites for hydroxylation is 1. The number of carboxylic acids is 1.